The Balaban J connectivity index is 2.00. The van der Waals surface area contributed by atoms with Gasteiger partial charge in [-0.3, -0.25) is 0 Å². The molecule has 20 heavy (non-hydrogen) atoms. The molecule has 0 amide bonds. The van der Waals surface area contributed by atoms with E-state index in [4.69, 9.17) is 9.47 Å². The summed E-state index contributed by atoms with van der Waals surface area (Å²) in [5, 5.41) is 3.04. The first-order chi connectivity index (χ1) is 9.81. The lowest BCUT2D eigenvalue weighted by atomic mass is 10.3. The molecule has 0 spiro atoms. The van der Waals surface area contributed by atoms with Crippen LogP contribution in [0.3, 0.4) is 0 Å². The summed E-state index contributed by atoms with van der Waals surface area (Å²) in [6, 6.07) is 9.22. The topological polar surface area (TPSA) is 56.3 Å². The molecule has 0 atom stereocenters. The Hall–Kier alpha value is -2.30. The molecule has 1 heterocycles. The van der Waals surface area contributed by atoms with Gasteiger partial charge in [0.1, 0.15) is 11.5 Å². The smallest absolute Gasteiger partial charge is 0.225 e. The zero-order valence-electron chi connectivity index (χ0n) is 11.8. The van der Waals surface area contributed by atoms with Crippen molar-refractivity contribution in [3.8, 4) is 17.4 Å². The molecule has 1 aromatic heterocycles. The van der Waals surface area contributed by atoms with Gasteiger partial charge in [-0.1, -0.05) is 6.92 Å². The number of rotatable bonds is 7. The highest BCUT2D eigenvalue weighted by molar-refractivity contribution is 5.35. The van der Waals surface area contributed by atoms with Crippen molar-refractivity contribution >= 4 is 5.95 Å². The van der Waals surface area contributed by atoms with Crippen LogP contribution in [-0.2, 0) is 0 Å². The van der Waals surface area contributed by atoms with Gasteiger partial charge in [0.2, 0.25) is 11.8 Å². The number of aromatic nitrogens is 2. The summed E-state index contributed by atoms with van der Waals surface area (Å²) in [6.07, 6.45) is 2.66. The van der Waals surface area contributed by atoms with Crippen molar-refractivity contribution in [1.29, 1.82) is 0 Å². The minimum atomic E-state index is 0.512. The normalized spacial score (nSPS) is 10.1. The fourth-order valence-corrected chi connectivity index (χ4v) is 1.59. The summed E-state index contributed by atoms with van der Waals surface area (Å²) in [6.45, 7) is 5.56. The molecule has 0 saturated heterocycles. The first-order valence-electron chi connectivity index (χ1n) is 6.79. The molecule has 0 bridgehead atoms. The average molecular weight is 273 g/mol. The predicted octanol–water partition coefficient (Wildman–Crippen LogP) is 3.49. The fraction of sp³-hybridized carbons (Fsp3) is 0.333. The van der Waals surface area contributed by atoms with Crippen molar-refractivity contribution in [2.75, 3.05) is 18.5 Å². The maximum Gasteiger partial charge on any atom is 0.225 e. The van der Waals surface area contributed by atoms with Crippen LogP contribution in [0.15, 0.2) is 36.5 Å². The van der Waals surface area contributed by atoms with Gasteiger partial charge < -0.3 is 14.8 Å². The van der Waals surface area contributed by atoms with Crippen LogP contribution < -0.4 is 14.8 Å². The summed E-state index contributed by atoms with van der Waals surface area (Å²) in [5.41, 5.74) is 0. The van der Waals surface area contributed by atoms with Crippen LogP contribution in [0.2, 0.25) is 0 Å². The molecule has 0 aliphatic heterocycles. The van der Waals surface area contributed by atoms with E-state index in [2.05, 4.69) is 22.2 Å². The molecule has 2 rings (SSSR count). The van der Waals surface area contributed by atoms with Gasteiger partial charge >= 0.3 is 0 Å². The van der Waals surface area contributed by atoms with Crippen LogP contribution in [0.5, 0.6) is 17.4 Å². The molecule has 1 aromatic carbocycles. The molecule has 2 aromatic rings. The SMILES string of the molecule is CCCOc1ccc(Oc2ccnc(NCC)n2)cc1. The molecule has 0 fully saturated rings. The molecule has 1 N–H and O–H groups in total. The standard InChI is InChI=1S/C15H19N3O2/c1-3-11-19-12-5-7-13(8-6-12)20-14-9-10-17-15(18-14)16-4-2/h5-10H,3-4,11H2,1-2H3,(H,16,17,18). The third kappa shape index (κ3) is 4.12. The van der Waals surface area contributed by atoms with Crippen molar-refractivity contribution < 1.29 is 9.47 Å². The van der Waals surface area contributed by atoms with Gasteiger partial charge in [-0.15, -0.1) is 0 Å². The number of anilines is 1. The second kappa shape index (κ2) is 7.33. The first kappa shape index (κ1) is 14.1. The van der Waals surface area contributed by atoms with E-state index in [1.807, 2.05) is 31.2 Å². The zero-order valence-corrected chi connectivity index (χ0v) is 11.8. The summed E-state index contributed by atoms with van der Waals surface area (Å²) in [7, 11) is 0. The van der Waals surface area contributed by atoms with Gasteiger partial charge in [-0.2, -0.15) is 4.98 Å². The van der Waals surface area contributed by atoms with Gasteiger partial charge in [-0.05, 0) is 37.6 Å². The van der Waals surface area contributed by atoms with E-state index in [1.165, 1.54) is 0 Å². The number of hydrogen-bond acceptors (Lipinski definition) is 5. The second-order valence-corrected chi connectivity index (χ2v) is 4.17. The Kier molecular flexibility index (Phi) is 5.17. The fourth-order valence-electron chi connectivity index (χ4n) is 1.59. The molecule has 5 heteroatoms. The number of ether oxygens (including phenoxy) is 2. The molecule has 0 radical (unpaired) electrons. The van der Waals surface area contributed by atoms with Crippen LogP contribution >= 0.6 is 0 Å². The van der Waals surface area contributed by atoms with Crippen LogP contribution in [0, 0.1) is 0 Å². The quantitative estimate of drug-likeness (QED) is 0.836. The van der Waals surface area contributed by atoms with E-state index >= 15 is 0 Å². The van der Waals surface area contributed by atoms with E-state index in [-0.39, 0.29) is 0 Å². The number of nitrogens with one attached hydrogen (secondary N) is 1. The predicted molar refractivity (Wildman–Crippen MR) is 78.5 cm³/mol. The molecule has 106 valence electrons. The lowest BCUT2D eigenvalue weighted by molar-refractivity contribution is 0.317. The minimum absolute atomic E-state index is 0.512. The number of nitrogens with zero attached hydrogens (tertiary/aromatic N) is 2. The summed E-state index contributed by atoms with van der Waals surface area (Å²) in [5.74, 6) is 2.64. The monoisotopic (exact) mass is 273 g/mol. The van der Waals surface area contributed by atoms with Crippen LogP contribution in [0.1, 0.15) is 20.3 Å². The van der Waals surface area contributed by atoms with Crippen LogP contribution in [-0.4, -0.2) is 23.1 Å². The molecule has 0 aliphatic rings. The summed E-state index contributed by atoms with van der Waals surface area (Å²) >= 11 is 0. The van der Waals surface area contributed by atoms with E-state index in [9.17, 15) is 0 Å². The second-order valence-electron chi connectivity index (χ2n) is 4.17. The molecule has 0 aliphatic carbocycles. The van der Waals surface area contributed by atoms with Gasteiger partial charge in [0.15, 0.2) is 0 Å². The Morgan fingerprint density at radius 3 is 2.50 bits per heavy atom. The maximum atomic E-state index is 5.68. The molecule has 0 unspecified atom stereocenters. The van der Waals surface area contributed by atoms with E-state index in [0.29, 0.717) is 11.8 Å². The lowest BCUT2D eigenvalue weighted by Crippen LogP contribution is -2.02. The lowest BCUT2D eigenvalue weighted by Gasteiger charge is -2.08. The van der Waals surface area contributed by atoms with Crippen molar-refractivity contribution in [1.82, 2.24) is 9.97 Å². The van der Waals surface area contributed by atoms with E-state index < -0.39 is 0 Å². The van der Waals surface area contributed by atoms with E-state index in [0.717, 1.165) is 31.1 Å². The molecule has 5 nitrogen and oxygen atoms in total. The Morgan fingerprint density at radius 2 is 1.80 bits per heavy atom. The Bertz CT molecular complexity index is 529. The van der Waals surface area contributed by atoms with Gasteiger partial charge in [-0.25, -0.2) is 4.98 Å². The van der Waals surface area contributed by atoms with Crippen LogP contribution in [0.4, 0.5) is 5.95 Å². The van der Waals surface area contributed by atoms with Crippen molar-refractivity contribution in [2.45, 2.75) is 20.3 Å². The highest BCUT2D eigenvalue weighted by atomic mass is 16.5. The van der Waals surface area contributed by atoms with E-state index in [1.54, 1.807) is 12.3 Å². The minimum Gasteiger partial charge on any atom is -0.494 e. The van der Waals surface area contributed by atoms with Crippen molar-refractivity contribution in [3.63, 3.8) is 0 Å². The highest BCUT2D eigenvalue weighted by Gasteiger charge is 2.01. The third-order valence-corrected chi connectivity index (χ3v) is 2.48. The first-order valence-corrected chi connectivity index (χ1v) is 6.79. The van der Waals surface area contributed by atoms with Crippen molar-refractivity contribution in [2.24, 2.45) is 0 Å². The van der Waals surface area contributed by atoms with Gasteiger partial charge in [0, 0.05) is 18.8 Å². The third-order valence-electron chi connectivity index (χ3n) is 2.48. The van der Waals surface area contributed by atoms with Crippen molar-refractivity contribution in [3.05, 3.63) is 36.5 Å². The largest absolute Gasteiger partial charge is 0.494 e. The number of hydrogen-bond donors (Lipinski definition) is 1. The summed E-state index contributed by atoms with van der Waals surface area (Å²) in [4.78, 5) is 8.35. The van der Waals surface area contributed by atoms with Crippen LogP contribution in [0.25, 0.3) is 0 Å². The van der Waals surface area contributed by atoms with Gasteiger partial charge in [0.25, 0.3) is 0 Å². The highest BCUT2D eigenvalue weighted by Crippen LogP contribution is 2.22. The Labute approximate surface area is 119 Å². The number of benzene rings is 1. The Morgan fingerprint density at radius 1 is 1.05 bits per heavy atom. The summed E-state index contributed by atoms with van der Waals surface area (Å²) < 4.78 is 11.2. The molecular formula is C15H19N3O2. The maximum absolute atomic E-state index is 5.68. The molecular weight excluding hydrogens is 254 g/mol. The molecule has 0 saturated carbocycles. The zero-order chi connectivity index (χ0) is 14.2. The van der Waals surface area contributed by atoms with Gasteiger partial charge in [0.05, 0.1) is 6.61 Å². The average Bonchev–Trinajstić information content (AvgIpc) is 2.47.